The minimum absolute atomic E-state index is 0. The van der Waals surface area contributed by atoms with Crippen molar-refractivity contribution in [2.75, 3.05) is 27.3 Å². The molecule has 1 saturated heterocycles. The van der Waals surface area contributed by atoms with Crippen LogP contribution in [0.1, 0.15) is 24.6 Å². The lowest BCUT2D eigenvalue weighted by Gasteiger charge is -2.32. The SMILES string of the molecule is COc1ccc(S(=O)(=O)N2CCC(Oc3ccc(OC(F)(F)F)cc3)CC2)c(C(=O)NO)c1OC.[HH]. The van der Waals surface area contributed by atoms with E-state index in [9.17, 15) is 26.4 Å². The van der Waals surface area contributed by atoms with Crippen LogP contribution in [0.3, 0.4) is 0 Å². The van der Waals surface area contributed by atoms with Gasteiger partial charge in [0.2, 0.25) is 10.0 Å². The Labute approximate surface area is 200 Å². The molecule has 0 spiro atoms. The summed E-state index contributed by atoms with van der Waals surface area (Å²) < 4.78 is 84.5. The lowest BCUT2D eigenvalue weighted by atomic mass is 10.1. The molecule has 0 atom stereocenters. The lowest BCUT2D eigenvalue weighted by molar-refractivity contribution is -0.274. The topological polar surface area (TPSA) is 124 Å². The molecule has 0 saturated carbocycles. The molecule has 0 aromatic heterocycles. The van der Waals surface area contributed by atoms with Gasteiger partial charge in [-0.15, -0.1) is 13.2 Å². The van der Waals surface area contributed by atoms with E-state index in [-0.39, 0.29) is 55.6 Å². The number of ether oxygens (including phenoxy) is 4. The number of hydroxylamine groups is 1. The predicted molar refractivity (Wildman–Crippen MR) is 116 cm³/mol. The van der Waals surface area contributed by atoms with Gasteiger partial charge in [0.1, 0.15) is 23.2 Å². The zero-order valence-corrected chi connectivity index (χ0v) is 19.5. The van der Waals surface area contributed by atoms with Crippen LogP contribution in [-0.4, -0.2) is 63.6 Å². The van der Waals surface area contributed by atoms with Crippen molar-refractivity contribution in [3.05, 3.63) is 42.0 Å². The van der Waals surface area contributed by atoms with E-state index in [2.05, 4.69) is 4.74 Å². The zero-order valence-electron chi connectivity index (χ0n) is 18.7. The molecule has 194 valence electrons. The molecule has 1 heterocycles. The van der Waals surface area contributed by atoms with Crippen LogP contribution >= 0.6 is 0 Å². The number of methoxy groups -OCH3 is 2. The zero-order chi connectivity index (χ0) is 25.8. The first-order valence-electron chi connectivity index (χ1n) is 10.2. The highest BCUT2D eigenvalue weighted by Crippen LogP contribution is 2.37. The molecule has 2 N–H and O–H groups in total. The maximum absolute atomic E-state index is 13.3. The van der Waals surface area contributed by atoms with E-state index >= 15 is 0 Å². The third-order valence-corrected chi connectivity index (χ3v) is 7.16. The minimum atomic E-state index is -4.80. The summed E-state index contributed by atoms with van der Waals surface area (Å²) in [6, 6.07) is 7.41. The minimum Gasteiger partial charge on any atom is -0.493 e. The Bertz CT molecular complexity index is 1150. The van der Waals surface area contributed by atoms with E-state index in [4.69, 9.17) is 19.4 Å². The number of amides is 1. The predicted octanol–water partition coefficient (Wildman–Crippen LogP) is 3.20. The van der Waals surface area contributed by atoms with Crippen LogP contribution in [0.2, 0.25) is 0 Å². The number of carbonyl (C=O) groups is 1. The summed E-state index contributed by atoms with van der Waals surface area (Å²) in [6.45, 7) is 0.105. The van der Waals surface area contributed by atoms with Crippen molar-refractivity contribution in [1.82, 2.24) is 9.79 Å². The van der Waals surface area contributed by atoms with Crippen LogP contribution in [0.4, 0.5) is 13.2 Å². The molecule has 35 heavy (non-hydrogen) atoms. The largest absolute Gasteiger partial charge is 0.573 e. The number of nitrogens with zero attached hydrogens (tertiary/aromatic N) is 1. The van der Waals surface area contributed by atoms with Crippen LogP contribution in [0.25, 0.3) is 0 Å². The van der Waals surface area contributed by atoms with E-state index in [0.29, 0.717) is 5.75 Å². The second-order valence-electron chi connectivity index (χ2n) is 7.36. The highest BCUT2D eigenvalue weighted by atomic mass is 32.2. The fraction of sp³-hybridized carbons (Fsp3) is 0.381. The molecule has 1 aliphatic rings. The third-order valence-electron chi connectivity index (χ3n) is 5.21. The van der Waals surface area contributed by atoms with Gasteiger partial charge in [0.05, 0.1) is 19.1 Å². The third kappa shape index (κ3) is 6.07. The Morgan fingerprint density at radius 1 is 1.06 bits per heavy atom. The summed E-state index contributed by atoms with van der Waals surface area (Å²) >= 11 is 0. The Hall–Kier alpha value is -3.23. The van der Waals surface area contributed by atoms with E-state index in [1.165, 1.54) is 48.3 Å². The van der Waals surface area contributed by atoms with Crippen molar-refractivity contribution in [3.8, 4) is 23.0 Å². The monoisotopic (exact) mass is 522 g/mol. The Morgan fingerprint density at radius 2 is 1.66 bits per heavy atom. The van der Waals surface area contributed by atoms with Gasteiger partial charge in [0.25, 0.3) is 5.91 Å². The number of rotatable bonds is 8. The van der Waals surface area contributed by atoms with E-state index in [0.717, 1.165) is 12.1 Å². The number of carbonyl (C=O) groups excluding carboxylic acids is 1. The molecule has 1 fully saturated rings. The van der Waals surface area contributed by atoms with Crippen LogP contribution in [0.15, 0.2) is 41.3 Å². The van der Waals surface area contributed by atoms with Gasteiger partial charge in [-0.1, -0.05) is 0 Å². The number of hydrogen-bond donors (Lipinski definition) is 2. The average molecular weight is 522 g/mol. The summed E-state index contributed by atoms with van der Waals surface area (Å²) in [5, 5.41) is 9.14. The number of hydrogen-bond acceptors (Lipinski definition) is 8. The molecular formula is C21H25F3N2O8S. The van der Waals surface area contributed by atoms with Crippen LogP contribution in [0.5, 0.6) is 23.0 Å². The maximum atomic E-state index is 13.3. The molecule has 1 amide bonds. The van der Waals surface area contributed by atoms with Gasteiger partial charge in [-0.05, 0) is 49.2 Å². The number of benzene rings is 2. The van der Waals surface area contributed by atoms with Crippen molar-refractivity contribution in [3.63, 3.8) is 0 Å². The molecule has 1 aliphatic heterocycles. The van der Waals surface area contributed by atoms with Crippen molar-refractivity contribution in [2.45, 2.75) is 30.2 Å². The Kier molecular flexibility index (Phi) is 7.97. The molecule has 0 aliphatic carbocycles. The molecule has 0 radical (unpaired) electrons. The first-order chi connectivity index (χ1) is 16.5. The lowest BCUT2D eigenvalue weighted by Crippen LogP contribution is -2.42. The number of piperidine rings is 1. The van der Waals surface area contributed by atoms with Crippen LogP contribution in [-0.2, 0) is 10.0 Å². The van der Waals surface area contributed by atoms with Crippen LogP contribution in [0, 0.1) is 0 Å². The molecule has 2 aromatic carbocycles. The molecule has 14 heteroatoms. The summed E-state index contributed by atoms with van der Waals surface area (Å²) in [5.74, 6) is -1.22. The fourth-order valence-corrected chi connectivity index (χ4v) is 5.29. The van der Waals surface area contributed by atoms with Crippen molar-refractivity contribution >= 4 is 15.9 Å². The van der Waals surface area contributed by atoms with Gasteiger partial charge in [0, 0.05) is 14.5 Å². The standard InChI is InChI=1S/C21H23F3N2O8S.H2/c1-31-16-7-8-17(18(19(16)32-2)20(27)25-28)35(29,30)26-11-9-14(10-12-26)33-13-3-5-15(6-4-13)34-21(22,23)24;/h3-8,14,28H,9-12H2,1-2H3,(H,25,27);1H. The van der Waals surface area contributed by atoms with Gasteiger partial charge < -0.3 is 18.9 Å². The number of sulfonamides is 1. The highest BCUT2D eigenvalue weighted by molar-refractivity contribution is 7.89. The van der Waals surface area contributed by atoms with Gasteiger partial charge in [-0.3, -0.25) is 10.0 Å². The second kappa shape index (κ2) is 10.6. The molecule has 0 bridgehead atoms. The molecule has 0 unspecified atom stereocenters. The molecular weight excluding hydrogens is 497 g/mol. The number of halogens is 3. The first kappa shape index (κ1) is 26.4. The van der Waals surface area contributed by atoms with Gasteiger partial charge >= 0.3 is 6.36 Å². The molecule has 10 nitrogen and oxygen atoms in total. The quantitative estimate of drug-likeness (QED) is 0.400. The maximum Gasteiger partial charge on any atom is 0.573 e. The van der Waals surface area contributed by atoms with Gasteiger partial charge in [0.15, 0.2) is 11.5 Å². The number of nitrogens with one attached hydrogen (secondary N) is 1. The van der Waals surface area contributed by atoms with Gasteiger partial charge in [-0.2, -0.15) is 4.31 Å². The molecule has 3 rings (SSSR count). The smallest absolute Gasteiger partial charge is 0.493 e. The summed E-state index contributed by atoms with van der Waals surface area (Å²) in [4.78, 5) is 11.9. The van der Waals surface area contributed by atoms with E-state index in [1.807, 2.05) is 0 Å². The first-order valence-corrected chi connectivity index (χ1v) is 11.7. The van der Waals surface area contributed by atoms with Crippen LogP contribution < -0.4 is 24.4 Å². The Balaban J connectivity index is 0.00000456. The average Bonchev–Trinajstić information content (AvgIpc) is 2.83. The van der Waals surface area contributed by atoms with E-state index in [1.54, 1.807) is 0 Å². The summed E-state index contributed by atoms with van der Waals surface area (Å²) in [7, 11) is -1.63. The molecule has 2 aromatic rings. The summed E-state index contributed by atoms with van der Waals surface area (Å²) in [5.41, 5.74) is 1.02. The normalized spacial score (nSPS) is 15.4. The number of alkyl halides is 3. The summed E-state index contributed by atoms with van der Waals surface area (Å²) in [6.07, 6.45) is -4.61. The second-order valence-corrected chi connectivity index (χ2v) is 9.26. The van der Waals surface area contributed by atoms with E-state index < -0.39 is 27.9 Å². The Morgan fingerprint density at radius 3 is 2.17 bits per heavy atom. The van der Waals surface area contributed by atoms with Crippen molar-refractivity contribution in [1.29, 1.82) is 0 Å². The fourth-order valence-electron chi connectivity index (χ4n) is 3.64. The van der Waals surface area contributed by atoms with Crippen molar-refractivity contribution in [2.24, 2.45) is 0 Å². The highest BCUT2D eigenvalue weighted by Gasteiger charge is 2.35. The van der Waals surface area contributed by atoms with Gasteiger partial charge in [-0.25, -0.2) is 13.9 Å². The van der Waals surface area contributed by atoms with Crippen molar-refractivity contribution < 1.29 is 52.0 Å².